The maximum absolute atomic E-state index is 15.5. The number of hydrogen-bond acceptors (Lipinski definition) is 2. The third-order valence-electron chi connectivity index (χ3n) is 23.4. The van der Waals surface area contributed by atoms with Gasteiger partial charge in [-0.3, -0.25) is 0 Å². The molecule has 0 amide bonds. The Morgan fingerprint density at radius 3 is 1.50 bits per heavy atom. The molecule has 0 N–H and O–H groups in total. The van der Waals surface area contributed by atoms with Gasteiger partial charge in [-0.25, -0.2) is 0 Å². The summed E-state index contributed by atoms with van der Waals surface area (Å²) in [6, 6.07) is 8.66. The van der Waals surface area contributed by atoms with Gasteiger partial charge in [0, 0.05) is 35.0 Å². The normalized spacial score (nSPS) is 24.6. The van der Waals surface area contributed by atoms with E-state index in [1.807, 2.05) is 12.2 Å². The van der Waals surface area contributed by atoms with Crippen molar-refractivity contribution >= 4 is 5.57 Å². The van der Waals surface area contributed by atoms with Gasteiger partial charge >= 0.3 is 49.4 Å². The zero-order valence-electron chi connectivity index (χ0n) is 57.6. The lowest BCUT2D eigenvalue weighted by Crippen LogP contribution is -2.58. The molecule has 12 rings (SSSR count). The van der Waals surface area contributed by atoms with Crippen LogP contribution in [-0.4, -0.2) is 71.3 Å². The summed E-state index contributed by atoms with van der Waals surface area (Å²) in [4.78, 5) is 3.26. The van der Waals surface area contributed by atoms with Gasteiger partial charge in [-0.1, -0.05) is 182 Å². The first-order valence-electron chi connectivity index (χ1n) is 35.7. The number of rotatable bonds is 16. The minimum atomic E-state index is -5.93. The highest BCUT2D eigenvalue weighted by atomic mass is 19.4. The van der Waals surface area contributed by atoms with E-state index in [4.69, 9.17) is 0 Å². The lowest BCUT2D eigenvalue weighted by atomic mass is 9.63. The highest BCUT2D eigenvalue weighted by Gasteiger charge is 2.78. The predicted octanol–water partition coefficient (Wildman–Crippen LogP) is 26.3. The number of alkyl halides is 24. The van der Waals surface area contributed by atoms with Gasteiger partial charge in [0.05, 0.1) is 12.1 Å². The smallest absolute Gasteiger partial charge is 0.361 e. The Bertz CT molecular complexity index is 4230. The van der Waals surface area contributed by atoms with Crippen LogP contribution in [0.2, 0.25) is 0 Å². The fraction of sp³-hybridized carbons (Fsp3) is 0.439. The summed E-state index contributed by atoms with van der Waals surface area (Å²) in [5.41, 5.74) is -20.3. The van der Waals surface area contributed by atoms with Crippen molar-refractivity contribution < 1.29 is 105 Å². The van der Waals surface area contributed by atoms with E-state index in [1.165, 1.54) is 36.4 Å². The van der Waals surface area contributed by atoms with Crippen LogP contribution in [0.15, 0.2) is 250 Å². The second-order valence-corrected chi connectivity index (χ2v) is 28.9. The molecular weight excluding hydrogens is 1470 g/mol. The number of nitrogens with zero attached hydrogens (tertiary/aromatic N) is 2. The second kappa shape index (κ2) is 29.3. The monoisotopic (exact) mass is 1540 g/mol. The molecule has 0 saturated carbocycles. The number of hydrogen-bond donors (Lipinski definition) is 0. The van der Waals surface area contributed by atoms with Crippen molar-refractivity contribution in [2.45, 2.75) is 189 Å². The van der Waals surface area contributed by atoms with Gasteiger partial charge in [0.25, 0.3) is 0 Å². The molecule has 580 valence electrons. The minimum absolute atomic E-state index is 0.0130. The van der Waals surface area contributed by atoms with E-state index >= 15 is 105 Å². The zero-order valence-corrected chi connectivity index (χ0v) is 57.6. The van der Waals surface area contributed by atoms with E-state index in [2.05, 4.69) is 0 Å². The molecule has 26 heteroatoms. The second-order valence-electron chi connectivity index (χ2n) is 28.9. The van der Waals surface area contributed by atoms with Gasteiger partial charge in [-0.05, 0) is 195 Å². The lowest BCUT2D eigenvalue weighted by molar-refractivity contribution is -0.342. The molecule has 0 fully saturated rings. The van der Waals surface area contributed by atoms with Gasteiger partial charge < -0.3 is 9.80 Å². The van der Waals surface area contributed by atoms with Crippen LogP contribution in [0.1, 0.15) is 138 Å². The molecular formula is C82H74F24N2. The van der Waals surface area contributed by atoms with Crippen LogP contribution in [0.3, 0.4) is 0 Å². The van der Waals surface area contributed by atoms with Crippen molar-refractivity contribution in [2.24, 2.45) is 34.0 Å². The molecule has 0 spiro atoms. The number of benzene rings is 2. The lowest BCUT2D eigenvalue weighted by Gasteiger charge is -2.49. The Kier molecular flexibility index (Phi) is 21.6. The van der Waals surface area contributed by atoms with Crippen LogP contribution in [-0.2, 0) is 5.41 Å². The van der Waals surface area contributed by atoms with Crippen molar-refractivity contribution in [1.29, 1.82) is 0 Å². The minimum Gasteiger partial charge on any atom is -0.361 e. The van der Waals surface area contributed by atoms with Gasteiger partial charge in [0.15, 0.2) is 10.8 Å². The molecule has 2 nitrogen and oxygen atoms in total. The quantitative estimate of drug-likeness (QED) is 0.122. The van der Waals surface area contributed by atoms with Crippen molar-refractivity contribution in [3.8, 4) is 0 Å². The van der Waals surface area contributed by atoms with Crippen LogP contribution in [0.4, 0.5) is 105 Å². The van der Waals surface area contributed by atoms with Crippen LogP contribution in [0, 0.1) is 34.0 Å². The van der Waals surface area contributed by atoms with Crippen LogP contribution < -0.4 is 0 Å². The van der Waals surface area contributed by atoms with Crippen LogP contribution in [0.25, 0.3) is 5.57 Å². The third-order valence-corrected chi connectivity index (χ3v) is 23.4. The molecule has 6 atom stereocenters. The standard InChI is InChI=1S/C82H74F24N2/c83-75(84,85)71(76(86,87)88,53-17-5-1-6-18-53)57-33-41-61(42-34-57)107(62-43-35-58(36-44-62)72(77(89,90)91,78(92,93)94)54-19-7-2-8-20-54)69-49-31-51(65-25-13-15-27-67(65)69)29-30-52-32-50-70(68-28-16-14-26-66(52)68)108(63-45-37-59(38-46-63)73(79(95,96)97,80(98,99)100)55-21-9-3-10-22-55)64-47-39-60(40-48-64)74(81(101,102)103,82(104,105)106)56-23-11-4-12-24-56/h1-3,5-7,9,11,13-19,21,23-24,26-33,35,37,41-42,45,47,57,60,62,65,69-70H,4,8,10,12,20,22,25,34,36,38-40,43-44,46,48-50H2/b30-29-. The van der Waals surface area contributed by atoms with Crippen molar-refractivity contribution in [1.82, 2.24) is 9.80 Å². The fourth-order valence-corrected chi connectivity index (χ4v) is 18.7. The molecule has 6 unspecified atom stereocenters. The third kappa shape index (κ3) is 13.5. The average Bonchev–Trinajstić information content (AvgIpc) is 0.729. The molecule has 108 heavy (non-hydrogen) atoms. The van der Waals surface area contributed by atoms with Crippen molar-refractivity contribution in [3.63, 3.8) is 0 Å². The average molecular weight is 1540 g/mol. The Hall–Kier alpha value is -8.06. The van der Waals surface area contributed by atoms with Gasteiger partial charge in [0.2, 0.25) is 10.8 Å². The first kappa shape index (κ1) is 79.5. The summed E-state index contributed by atoms with van der Waals surface area (Å²) < 4.78 is 372. The molecule has 0 saturated heterocycles. The summed E-state index contributed by atoms with van der Waals surface area (Å²) >= 11 is 0. The van der Waals surface area contributed by atoms with Gasteiger partial charge in [0.1, 0.15) is 0 Å². The number of fused-ring (bicyclic) bond motifs is 2. The Balaban J connectivity index is 0.917. The summed E-state index contributed by atoms with van der Waals surface area (Å²) in [6.07, 6.45) is -24.9. The van der Waals surface area contributed by atoms with E-state index in [9.17, 15) is 0 Å². The Morgan fingerprint density at radius 2 is 0.981 bits per heavy atom. The van der Waals surface area contributed by atoms with Crippen LogP contribution >= 0.6 is 0 Å². The summed E-state index contributed by atoms with van der Waals surface area (Å²) in [5, 5.41) is 0. The van der Waals surface area contributed by atoms with E-state index in [-0.39, 0.29) is 68.5 Å². The van der Waals surface area contributed by atoms with E-state index in [0.29, 0.717) is 27.8 Å². The molecule has 0 bridgehead atoms. The first-order valence-corrected chi connectivity index (χ1v) is 35.7. The fourth-order valence-electron chi connectivity index (χ4n) is 18.7. The van der Waals surface area contributed by atoms with E-state index in [1.54, 1.807) is 64.4 Å². The number of halogens is 24. The molecule has 2 aromatic carbocycles. The van der Waals surface area contributed by atoms with Gasteiger partial charge in [-0.15, -0.1) is 0 Å². The summed E-state index contributed by atoms with van der Waals surface area (Å²) in [7, 11) is 0. The van der Waals surface area contributed by atoms with Gasteiger partial charge in [-0.2, -0.15) is 105 Å². The highest BCUT2D eigenvalue weighted by Crippen LogP contribution is 2.67. The SMILES string of the molecule is FC(F)(F)C(C1=CC=CCC1)(C1=CC=C(N(C2=CCC(C(C3=CCCC=C3)(C(F)(F)F)C(F)(F)F)CC2)C2CC=C(/C=C\C3=CCC(N(C4=CCC(C(c5ccccc5)(C(F)(F)F)C(F)(F)F)C=C4)C4CC=C(C(C5=CC=CCC5)(C(F)(F)F)C(F)(F)F)CC4)C4=CC=CCC34)c3ccccc32)CC1)C(F)(F)F. The predicted molar refractivity (Wildman–Crippen MR) is 362 cm³/mol. The zero-order chi connectivity index (χ0) is 78.1. The molecule has 10 aliphatic carbocycles. The Labute approximate surface area is 608 Å². The molecule has 10 aliphatic rings. The van der Waals surface area contributed by atoms with Crippen LogP contribution in [0.5, 0.6) is 0 Å². The van der Waals surface area contributed by atoms with Crippen molar-refractivity contribution in [3.05, 3.63) is 267 Å². The van der Waals surface area contributed by atoms with E-state index in [0.717, 1.165) is 91.1 Å². The van der Waals surface area contributed by atoms with E-state index < -0.39 is 205 Å². The summed E-state index contributed by atoms with van der Waals surface area (Å²) in [6.45, 7) is 0. The highest BCUT2D eigenvalue weighted by molar-refractivity contribution is 5.79. The van der Waals surface area contributed by atoms with Crippen molar-refractivity contribution in [2.75, 3.05) is 0 Å². The molecule has 0 aromatic heterocycles. The molecule has 0 aliphatic heterocycles. The number of allylic oxidation sites excluding steroid dienone is 29. The first-order chi connectivity index (χ1) is 50.7. The maximum atomic E-state index is 15.5. The molecule has 0 heterocycles. The molecule has 2 aromatic rings. The largest absolute Gasteiger partial charge is 0.410 e. The summed E-state index contributed by atoms with van der Waals surface area (Å²) in [5.74, 6) is -4.99. The maximum Gasteiger partial charge on any atom is 0.410 e. The Morgan fingerprint density at radius 1 is 0.389 bits per heavy atom. The topological polar surface area (TPSA) is 6.48 Å². The molecule has 0 radical (unpaired) electrons.